The molecular formula is C28H29FN4O2. The molecule has 1 aliphatic carbocycles. The molecule has 5 rings (SSSR count). The fourth-order valence-electron chi connectivity index (χ4n) is 5.26. The van der Waals surface area contributed by atoms with E-state index >= 15 is 0 Å². The summed E-state index contributed by atoms with van der Waals surface area (Å²) in [6.07, 6.45) is 9.10. The molecule has 3 aromatic rings. The monoisotopic (exact) mass is 472 g/mol. The highest BCUT2D eigenvalue weighted by atomic mass is 19.1. The van der Waals surface area contributed by atoms with E-state index in [1.165, 1.54) is 12.1 Å². The Bertz CT molecular complexity index is 1200. The van der Waals surface area contributed by atoms with Gasteiger partial charge in [0.15, 0.2) is 5.78 Å². The van der Waals surface area contributed by atoms with Crippen molar-refractivity contribution in [2.75, 3.05) is 26.3 Å². The van der Waals surface area contributed by atoms with E-state index in [-0.39, 0.29) is 18.0 Å². The van der Waals surface area contributed by atoms with Gasteiger partial charge in [0.05, 0.1) is 30.4 Å². The van der Waals surface area contributed by atoms with E-state index in [1.807, 2.05) is 12.1 Å². The van der Waals surface area contributed by atoms with Crippen LogP contribution in [0.3, 0.4) is 0 Å². The molecule has 7 heteroatoms. The molecule has 0 bridgehead atoms. The number of carbonyl (C=O) groups is 1. The second kappa shape index (κ2) is 10.1. The maximum Gasteiger partial charge on any atom is 0.168 e. The summed E-state index contributed by atoms with van der Waals surface area (Å²) in [5.74, 6) is -0.307. The Kier molecular flexibility index (Phi) is 6.76. The molecule has 2 fully saturated rings. The molecule has 3 heterocycles. The highest BCUT2D eigenvalue weighted by molar-refractivity contribution is 5.97. The summed E-state index contributed by atoms with van der Waals surface area (Å²) in [4.78, 5) is 20.0. The lowest BCUT2D eigenvalue weighted by Gasteiger charge is -2.41. The Morgan fingerprint density at radius 3 is 2.51 bits per heavy atom. The van der Waals surface area contributed by atoms with Gasteiger partial charge in [0.25, 0.3) is 0 Å². The van der Waals surface area contributed by atoms with Gasteiger partial charge in [0.1, 0.15) is 5.82 Å². The van der Waals surface area contributed by atoms with E-state index in [0.717, 1.165) is 68.9 Å². The minimum Gasteiger partial charge on any atom is -0.379 e. The van der Waals surface area contributed by atoms with E-state index in [4.69, 9.17) is 4.74 Å². The number of hydrogen-bond donors (Lipinski definition) is 0. The lowest BCUT2D eigenvalue weighted by Crippen LogP contribution is -2.47. The average molecular weight is 473 g/mol. The number of carbonyl (C=O) groups excluding carboxylic acids is 1. The van der Waals surface area contributed by atoms with Crippen LogP contribution in [0.15, 0.2) is 61.1 Å². The predicted octanol–water partition coefficient (Wildman–Crippen LogP) is 4.47. The number of hydrogen-bond acceptors (Lipinski definition) is 5. The van der Waals surface area contributed by atoms with Crippen molar-refractivity contribution in [3.05, 3.63) is 83.7 Å². The third kappa shape index (κ3) is 5.04. The fraction of sp³-hybridized carbons (Fsp3) is 0.393. The van der Waals surface area contributed by atoms with Crippen LogP contribution in [-0.4, -0.2) is 52.6 Å². The quantitative estimate of drug-likeness (QED) is 0.495. The van der Waals surface area contributed by atoms with Gasteiger partial charge in [0.2, 0.25) is 0 Å². The van der Waals surface area contributed by atoms with Gasteiger partial charge in [-0.15, -0.1) is 0 Å². The van der Waals surface area contributed by atoms with Gasteiger partial charge in [-0.1, -0.05) is 6.07 Å². The summed E-state index contributed by atoms with van der Waals surface area (Å²) in [5.41, 5.74) is 2.45. The van der Waals surface area contributed by atoms with Crippen molar-refractivity contribution < 1.29 is 13.9 Å². The number of ether oxygens (including phenoxy) is 1. The van der Waals surface area contributed by atoms with Crippen LogP contribution in [0.1, 0.15) is 47.3 Å². The van der Waals surface area contributed by atoms with Crippen molar-refractivity contribution in [1.29, 1.82) is 5.26 Å². The fourth-order valence-corrected chi connectivity index (χ4v) is 5.26. The second-order valence-corrected chi connectivity index (χ2v) is 9.51. The van der Waals surface area contributed by atoms with E-state index in [9.17, 15) is 14.4 Å². The first-order valence-electron chi connectivity index (χ1n) is 12.2. The van der Waals surface area contributed by atoms with Crippen LogP contribution in [0.5, 0.6) is 0 Å². The van der Waals surface area contributed by atoms with Crippen molar-refractivity contribution in [3.63, 3.8) is 0 Å². The van der Waals surface area contributed by atoms with Crippen molar-refractivity contribution >= 4 is 5.78 Å². The minimum absolute atomic E-state index is 0.0126. The summed E-state index contributed by atoms with van der Waals surface area (Å²) >= 11 is 0. The van der Waals surface area contributed by atoms with Crippen LogP contribution in [0.2, 0.25) is 0 Å². The highest BCUT2D eigenvalue weighted by Gasteiger charge is 2.40. The number of halogens is 1. The molecule has 1 aliphatic heterocycles. The Labute approximate surface area is 205 Å². The molecule has 0 atom stereocenters. The maximum absolute atomic E-state index is 13.2. The normalized spacial score (nSPS) is 23.0. The molecule has 1 saturated heterocycles. The summed E-state index contributed by atoms with van der Waals surface area (Å²) < 4.78 is 20.4. The van der Waals surface area contributed by atoms with E-state index in [0.29, 0.717) is 11.6 Å². The Hall–Kier alpha value is -3.34. The SMILES string of the molecule is N#CC1(c2ccc(CC(=O)c3ccn(-c4ccc(F)cc4)c3)cn2)CCC(N2CCOCC2)CC1. The first-order valence-corrected chi connectivity index (χ1v) is 12.2. The first kappa shape index (κ1) is 23.4. The number of aromatic nitrogens is 2. The van der Waals surface area contributed by atoms with Gasteiger partial charge in [0, 0.05) is 55.4 Å². The molecule has 35 heavy (non-hydrogen) atoms. The molecule has 0 radical (unpaired) electrons. The zero-order valence-electron chi connectivity index (χ0n) is 19.7. The summed E-state index contributed by atoms with van der Waals surface area (Å²) in [7, 11) is 0. The second-order valence-electron chi connectivity index (χ2n) is 9.51. The van der Waals surface area contributed by atoms with Crippen molar-refractivity contribution in [1.82, 2.24) is 14.5 Å². The largest absolute Gasteiger partial charge is 0.379 e. The zero-order chi connectivity index (χ0) is 24.3. The molecule has 1 saturated carbocycles. The molecule has 0 unspecified atom stereocenters. The minimum atomic E-state index is -0.558. The zero-order valence-corrected chi connectivity index (χ0v) is 19.7. The molecule has 0 N–H and O–H groups in total. The van der Waals surface area contributed by atoms with Gasteiger partial charge in [-0.25, -0.2) is 4.39 Å². The molecular weight excluding hydrogens is 443 g/mol. The average Bonchev–Trinajstić information content (AvgIpc) is 3.41. The van der Waals surface area contributed by atoms with Crippen LogP contribution < -0.4 is 0 Å². The van der Waals surface area contributed by atoms with Crippen molar-refractivity contribution in [3.8, 4) is 11.8 Å². The van der Waals surface area contributed by atoms with Gasteiger partial charge >= 0.3 is 0 Å². The Morgan fingerprint density at radius 1 is 1.11 bits per heavy atom. The molecule has 0 spiro atoms. The number of pyridine rings is 1. The van der Waals surface area contributed by atoms with Gasteiger partial charge in [-0.2, -0.15) is 5.26 Å². The van der Waals surface area contributed by atoms with Crippen LogP contribution in [0.25, 0.3) is 5.69 Å². The number of benzene rings is 1. The van der Waals surface area contributed by atoms with E-state index in [2.05, 4.69) is 16.0 Å². The van der Waals surface area contributed by atoms with Gasteiger partial charge in [-0.05, 0) is 67.6 Å². The Balaban J connectivity index is 1.22. The highest BCUT2D eigenvalue weighted by Crippen LogP contribution is 2.39. The van der Waals surface area contributed by atoms with E-state index in [1.54, 1.807) is 41.4 Å². The standard InChI is InChI=1S/C28H29FN4O2/c29-23-2-4-24(5-3-23)33-12-9-22(19-33)26(34)17-21-1-6-27(31-18-21)28(20-30)10-7-25(8-11-28)32-13-15-35-16-14-32/h1-6,9,12,18-19,25H,7-8,10-11,13-17H2. The lowest BCUT2D eigenvalue weighted by atomic mass is 9.71. The van der Waals surface area contributed by atoms with Gasteiger partial charge < -0.3 is 9.30 Å². The molecule has 0 amide bonds. The topological polar surface area (TPSA) is 71.2 Å². The summed E-state index contributed by atoms with van der Waals surface area (Å²) in [6.45, 7) is 3.52. The van der Waals surface area contributed by atoms with E-state index < -0.39 is 5.41 Å². The smallest absolute Gasteiger partial charge is 0.168 e. The molecule has 2 aromatic heterocycles. The van der Waals surface area contributed by atoms with Crippen LogP contribution in [0.4, 0.5) is 4.39 Å². The Morgan fingerprint density at radius 2 is 1.86 bits per heavy atom. The lowest BCUT2D eigenvalue weighted by molar-refractivity contribution is 0.00493. The number of Topliss-reactive ketones (excluding diaryl/α,β-unsaturated/α-hetero) is 1. The third-order valence-corrected chi connectivity index (χ3v) is 7.40. The van der Waals surface area contributed by atoms with Crippen LogP contribution in [0, 0.1) is 17.1 Å². The third-order valence-electron chi connectivity index (χ3n) is 7.40. The molecule has 6 nitrogen and oxygen atoms in total. The van der Waals surface area contributed by atoms with Crippen LogP contribution >= 0.6 is 0 Å². The molecule has 180 valence electrons. The van der Waals surface area contributed by atoms with Crippen molar-refractivity contribution in [2.24, 2.45) is 0 Å². The number of nitrogens with zero attached hydrogens (tertiary/aromatic N) is 4. The number of nitriles is 1. The number of ketones is 1. The predicted molar refractivity (Wildman–Crippen MR) is 130 cm³/mol. The summed E-state index contributed by atoms with van der Waals surface area (Å²) in [5, 5.41) is 10.1. The number of morpholine rings is 1. The molecule has 1 aromatic carbocycles. The van der Waals surface area contributed by atoms with Crippen LogP contribution in [-0.2, 0) is 16.6 Å². The maximum atomic E-state index is 13.2. The van der Waals surface area contributed by atoms with Gasteiger partial charge in [-0.3, -0.25) is 14.7 Å². The number of rotatable bonds is 6. The van der Waals surface area contributed by atoms with Crippen molar-refractivity contribution in [2.45, 2.75) is 43.6 Å². The molecule has 2 aliphatic rings. The first-order chi connectivity index (χ1) is 17.1. The summed E-state index contributed by atoms with van der Waals surface area (Å²) in [6, 6.07) is 14.8.